The highest BCUT2D eigenvalue weighted by Gasteiger charge is 2.41. The third kappa shape index (κ3) is 4.56. The van der Waals surface area contributed by atoms with Crippen molar-refractivity contribution >= 4 is 29.7 Å². The molecule has 1 aliphatic rings. The van der Waals surface area contributed by atoms with E-state index in [0.717, 1.165) is 12.8 Å². The van der Waals surface area contributed by atoms with Gasteiger partial charge in [0.05, 0.1) is 17.0 Å². The zero-order valence-corrected chi connectivity index (χ0v) is 14.1. The third-order valence-corrected chi connectivity index (χ3v) is 4.20. The summed E-state index contributed by atoms with van der Waals surface area (Å²) in [6, 6.07) is 6.38. The number of hydrogen-bond acceptors (Lipinski definition) is 5. The smallest absolute Gasteiger partial charge is 0.292 e. The van der Waals surface area contributed by atoms with Crippen molar-refractivity contribution in [1.29, 1.82) is 0 Å². The van der Waals surface area contributed by atoms with Crippen molar-refractivity contribution in [3.63, 3.8) is 0 Å². The summed E-state index contributed by atoms with van der Waals surface area (Å²) >= 11 is 0. The van der Waals surface area contributed by atoms with E-state index in [0.29, 0.717) is 18.2 Å². The maximum absolute atomic E-state index is 12.2. The van der Waals surface area contributed by atoms with Crippen LogP contribution in [0.5, 0.6) is 0 Å². The first-order valence-electron chi connectivity index (χ1n) is 7.33. The van der Waals surface area contributed by atoms with E-state index in [1.807, 2.05) is 6.92 Å². The van der Waals surface area contributed by atoms with Crippen LogP contribution in [-0.4, -0.2) is 36.5 Å². The van der Waals surface area contributed by atoms with Gasteiger partial charge in [-0.2, -0.15) is 0 Å². The van der Waals surface area contributed by atoms with E-state index >= 15 is 0 Å². The second kappa shape index (κ2) is 7.61. The van der Waals surface area contributed by atoms with Crippen LogP contribution in [0.25, 0.3) is 0 Å². The Morgan fingerprint density at radius 2 is 2.09 bits per heavy atom. The Hall–Kier alpha value is -1.86. The van der Waals surface area contributed by atoms with E-state index in [-0.39, 0.29) is 36.1 Å². The number of para-hydroxylation sites is 2. The zero-order chi connectivity index (χ0) is 16.3. The minimum atomic E-state index is -0.446. The SMILES string of the molecule is CN(CC(=O)NC(C)(CN)C1CC1)c1ccccc1[N+](=O)[O-].Cl. The quantitative estimate of drug-likeness (QED) is 0.580. The fourth-order valence-electron chi connectivity index (χ4n) is 2.64. The van der Waals surface area contributed by atoms with Crippen LogP contribution in [0.4, 0.5) is 11.4 Å². The summed E-state index contributed by atoms with van der Waals surface area (Å²) in [5.41, 5.74) is 5.80. The molecule has 0 radical (unpaired) electrons. The number of likely N-dealkylation sites (N-methyl/N-ethyl adjacent to an activating group) is 1. The minimum Gasteiger partial charge on any atom is -0.360 e. The average molecular weight is 343 g/mol. The molecule has 7 nitrogen and oxygen atoms in total. The number of amides is 1. The molecule has 2 rings (SSSR count). The predicted octanol–water partition coefficient (Wildman–Crippen LogP) is 1.70. The molecule has 23 heavy (non-hydrogen) atoms. The van der Waals surface area contributed by atoms with Crippen LogP contribution in [0.3, 0.4) is 0 Å². The lowest BCUT2D eigenvalue weighted by Crippen LogP contribution is -2.55. The van der Waals surface area contributed by atoms with Crippen LogP contribution in [-0.2, 0) is 4.79 Å². The Kier molecular flexibility index (Phi) is 6.35. The van der Waals surface area contributed by atoms with E-state index in [2.05, 4.69) is 5.32 Å². The molecule has 1 aromatic rings. The molecule has 0 spiro atoms. The number of nitro benzene ring substituents is 1. The second-order valence-electron chi connectivity index (χ2n) is 6.05. The second-order valence-corrected chi connectivity index (χ2v) is 6.05. The number of carbonyl (C=O) groups is 1. The predicted molar refractivity (Wildman–Crippen MR) is 91.9 cm³/mol. The molecular weight excluding hydrogens is 320 g/mol. The van der Waals surface area contributed by atoms with E-state index in [4.69, 9.17) is 5.73 Å². The summed E-state index contributed by atoms with van der Waals surface area (Å²) in [6.45, 7) is 2.39. The van der Waals surface area contributed by atoms with Crippen LogP contribution >= 0.6 is 12.4 Å². The van der Waals surface area contributed by atoms with Crippen molar-refractivity contribution < 1.29 is 9.72 Å². The fourth-order valence-corrected chi connectivity index (χ4v) is 2.64. The molecule has 1 saturated carbocycles. The zero-order valence-electron chi connectivity index (χ0n) is 13.3. The van der Waals surface area contributed by atoms with Crippen LogP contribution in [0.1, 0.15) is 19.8 Å². The molecule has 0 aromatic heterocycles. The molecule has 0 bridgehead atoms. The Morgan fingerprint density at radius 3 is 2.61 bits per heavy atom. The summed E-state index contributed by atoms with van der Waals surface area (Å²) in [6.07, 6.45) is 2.15. The summed E-state index contributed by atoms with van der Waals surface area (Å²) in [7, 11) is 1.67. The number of benzene rings is 1. The van der Waals surface area contributed by atoms with Gasteiger partial charge in [0.25, 0.3) is 5.69 Å². The van der Waals surface area contributed by atoms with Gasteiger partial charge in [-0.05, 0) is 31.7 Å². The lowest BCUT2D eigenvalue weighted by Gasteiger charge is -2.30. The Balaban J connectivity index is 0.00000264. The van der Waals surface area contributed by atoms with Gasteiger partial charge in [-0.25, -0.2) is 0 Å². The minimum absolute atomic E-state index is 0. The molecule has 1 atom stereocenters. The standard InChI is InChI=1S/C15H22N4O3.ClH/c1-15(10-16,11-7-8-11)17-14(20)9-18(2)12-5-3-4-6-13(12)19(21)22;/h3-6,11H,7-10,16H2,1-2H3,(H,17,20);1H. The normalized spacial score (nSPS) is 16.0. The fraction of sp³-hybridized carbons (Fsp3) is 0.533. The molecule has 1 aromatic carbocycles. The Bertz CT molecular complexity index is 580. The van der Waals surface area contributed by atoms with Crippen molar-refractivity contribution in [1.82, 2.24) is 5.32 Å². The monoisotopic (exact) mass is 342 g/mol. The van der Waals surface area contributed by atoms with E-state index < -0.39 is 4.92 Å². The molecular formula is C15H23ClN4O3. The maximum Gasteiger partial charge on any atom is 0.292 e. The van der Waals surface area contributed by atoms with Gasteiger partial charge in [0.2, 0.25) is 5.91 Å². The van der Waals surface area contributed by atoms with Gasteiger partial charge in [-0.1, -0.05) is 12.1 Å². The number of nitro groups is 1. The molecule has 1 amide bonds. The van der Waals surface area contributed by atoms with Crippen molar-refractivity contribution in [2.45, 2.75) is 25.3 Å². The summed E-state index contributed by atoms with van der Waals surface area (Å²) < 4.78 is 0. The molecule has 1 unspecified atom stereocenters. The van der Waals surface area contributed by atoms with E-state index in [1.165, 1.54) is 6.07 Å². The first kappa shape index (κ1) is 19.2. The molecule has 8 heteroatoms. The van der Waals surface area contributed by atoms with Gasteiger partial charge in [0.15, 0.2) is 0 Å². The number of rotatable bonds is 7. The van der Waals surface area contributed by atoms with Gasteiger partial charge < -0.3 is 16.0 Å². The summed E-state index contributed by atoms with van der Waals surface area (Å²) in [5, 5.41) is 14.0. The van der Waals surface area contributed by atoms with Crippen molar-refractivity contribution in [2.24, 2.45) is 11.7 Å². The number of carbonyl (C=O) groups excluding carboxylic acids is 1. The first-order valence-corrected chi connectivity index (χ1v) is 7.33. The van der Waals surface area contributed by atoms with Crippen LogP contribution in [0.2, 0.25) is 0 Å². The Morgan fingerprint density at radius 1 is 1.48 bits per heavy atom. The Labute approximate surface area is 141 Å². The number of nitrogens with zero attached hydrogens (tertiary/aromatic N) is 2. The highest BCUT2D eigenvalue weighted by Crippen LogP contribution is 2.39. The largest absolute Gasteiger partial charge is 0.360 e. The molecule has 0 aliphatic heterocycles. The highest BCUT2D eigenvalue weighted by atomic mass is 35.5. The number of anilines is 1. The van der Waals surface area contributed by atoms with Crippen LogP contribution < -0.4 is 16.0 Å². The van der Waals surface area contributed by atoms with Gasteiger partial charge in [0, 0.05) is 19.7 Å². The number of nitrogens with two attached hydrogens (primary N) is 1. The molecule has 3 N–H and O–H groups in total. The molecule has 1 aliphatic carbocycles. The highest BCUT2D eigenvalue weighted by molar-refractivity contribution is 5.85. The van der Waals surface area contributed by atoms with E-state index in [1.54, 1.807) is 30.1 Å². The molecule has 0 saturated heterocycles. The third-order valence-electron chi connectivity index (χ3n) is 4.20. The van der Waals surface area contributed by atoms with Crippen molar-refractivity contribution in [3.05, 3.63) is 34.4 Å². The topological polar surface area (TPSA) is 102 Å². The number of nitrogens with one attached hydrogen (secondary N) is 1. The first-order chi connectivity index (χ1) is 10.4. The molecule has 0 heterocycles. The summed E-state index contributed by atoms with van der Waals surface area (Å²) in [4.78, 5) is 24.4. The van der Waals surface area contributed by atoms with Gasteiger partial charge in [-0.3, -0.25) is 14.9 Å². The average Bonchev–Trinajstić information content (AvgIpc) is 3.31. The maximum atomic E-state index is 12.2. The van der Waals surface area contributed by atoms with Crippen molar-refractivity contribution in [2.75, 3.05) is 25.0 Å². The van der Waals surface area contributed by atoms with Crippen LogP contribution in [0.15, 0.2) is 24.3 Å². The van der Waals surface area contributed by atoms with Gasteiger partial charge >= 0.3 is 0 Å². The van der Waals surface area contributed by atoms with Crippen molar-refractivity contribution in [3.8, 4) is 0 Å². The van der Waals surface area contributed by atoms with Gasteiger partial charge in [0.1, 0.15) is 5.69 Å². The van der Waals surface area contributed by atoms with Crippen LogP contribution in [0, 0.1) is 16.0 Å². The molecule has 1 fully saturated rings. The summed E-state index contributed by atoms with van der Waals surface area (Å²) in [5.74, 6) is 0.248. The molecule has 128 valence electrons. The lowest BCUT2D eigenvalue weighted by molar-refractivity contribution is -0.384. The lowest BCUT2D eigenvalue weighted by atomic mass is 9.96. The number of halogens is 1. The van der Waals surface area contributed by atoms with Gasteiger partial charge in [-0.15, -0.1) is 12.4 Å². The number of hydrogen-bond donors (Lipinski definition) is 2. The van der Waals surface area contributed by atoms with E-state index in [9.17, 15) is 14.9 Å².